The zero-order valence-corrected chi connectivity index (χ0v) is 20.1. The molecule has 0 radical (unpaired) electrons. The van der Waals surface area contributed by atoms with Gasteiger partial charge in [-0.25, -0.2) is 12.8 Å². The Morgan fingerprint density at radius 3 is 2.51 bits per heavy atom. The van der Waals surface area contributed by atoms with Crippen molar-refractivity contribution < 1.29 is 36.8 Å². The number of halogens is 1. The standard InChI is InChI=1S/C23H26BFN2O7S/c1-26-23(28)21-18-11-17(14-3-4-14)19(27(35(2,31)32)9-10-33-13-24(29)30)12-20(18)34-22(21)15-5-7-16(25)8-6-15/h5-8,11-12,14,29-30H,3-4,9-10,13H2,1-2H3,(H,26,28). The molecule has 0 spiro atoms. The first-order chi connectivity index (χ1) is 16.6. The summed E-state index contributed by atoms with van der Waals surface area (Å²) >= 11 is 0. The number of nitrogens with one attached hydrogen (secondary N) is 1. The Bertz CT molecular complexity index is 1340. The smallest absolute Gasteiger partial charge is 0.455 e. The molecule has 12 heteroatoms. The summed E-state index contributed by atoms with van der Waals surface area (Å²) < 4.78 is 51.4. The molecule has 1 aromatic heterocycles. The SMILES string of the molecule is CNC(=O)c1c(-c2ccc(F)cc2)oc2cc(N(CCOCB(O)O)S(C)(=O)=O)c(C3CC3)cc12. The van der Waals surface area contributed by atoms with Gasteiger partial charge in [-0.1, -0.05) is 0 Å². The zero-order chi connectivity index (χ0) is 25.3. The number of sulfonamides is 1. The van der Waals surface area contributed by atoms with Gasteiger partial charge in [0.25, 0.3) is 5.91 Å². The third-order valence-electron chi connectivity index (χ3n) is 5.79. The maximum absolute atomic E-state index is 13.5. The molecule has 1 aliphatic carbocycles. The normalized spacial score (nSPS) is 13.7. The molecule has 1 aliphatic rings. The molecule has 1 saturated carbocycles. The highest BCUT2D eigenvalue weighted by Crippen LogP contribution is 2.48. The van der Waals surface area contributed by atoms with Crippen LogP contribution in [0.1, 0.15) is 34.7 Å². The Balaban J connectivity index is 1.86. The van der Waals surface area contributed by atoms with Crippen molar-refractivity contribution >= 4 is 39.7 Å². The van der Waals surface area contributed by atoms with Crippen LogP contribution in [0.5, 0.6) is 0 Å². The van der Waals surface area contributed by atoms with Gasteiger partial charge in [0, 0.05) is 24.1 Å². The number of hydrogen-bond donors (Lipinski definition) is 3. The molecule has 1 heterocycles. The van der Waals surface area contributed by atoms with Crippen molar-refractivity contribution in [2.24, 2.45) is 0 Å². The van der Waals surface area contributed by atoms with E-state index in [-0.39, 0.29) is 42.8 Å². The minimum Gasteiger partial charge on any atom is -0.455 e. The van der Waals surface area contributed by atoms with Crippen LogP contribution in [0.2, 0.25) is 0 Å². The molecule has 0 saturated heterocycles. The fraction of sp³-hybridized carbons (Fsp3) is 0.348. The van der Waals surface area contributed by atoms with Crippen LogP contribution < -0.4 is 9.62 Å². The van der Waals surface area contributed by atoms with E-state index in [2.05, 4.69) is 5.32 Å². The number of rotatable bonds is 10. The summed E-state index contributed by atoms with van der Waals surface area (Å²) in [6.07, 6.45) is 2.83. The van der Waals surface area contributed by atoms with Gasteiger partial charge in [-0.05, 0) is 54.7 Å². The molecular weight excluding hydrogens is 478 g/mol. The molecule has 0 aliphatic heterocycles. The summed E-state index contributed by atoms with van der Waals surface area (Å²) in [4.78, 5) is 12.8. The minimum absolute atomic E-state index is 0.0510. The Labute approximate surface area is 202 Å². The summed E-state index contributed by atoms with van der Waals surface area (Å²) in [7, 11) is -3.89. The third kappa shape index (κ3) is 5.51. The second kappa shape index (κ2) is 9.98. The average molecular weight is 504 g/mol. The van der Waals surface area contributed by atoms with E-state index in [1.54, 1.807) is 12.1 Å². The number of ether oxygens (including phenoxy) is 1. The van der Waals surface area contributed by atoms with Gasteiger partial charge in [-0.15, -0.1) is 0 Å². The molecule has 1 fully saturated rings. The number of nitrogens with zero attached hydrogens (tertiary/aromatic N) is 1. The average Bonchev–Trinajstić information content (AvgIpc) is 3.57. The Morgan fingerprint density at radius 1 is 1.26 bits per heavy atom. The van der Waals surface area contributed by atoms with E-state index in [4.69, 9.17) is 19.2 Å². The van der Waals surface area contributed by atoms with E-state index in [1.807, 2.05) is 0 Å². The molecule has 2 aromatic carbocycles. The van der Waals surface area contributed by atoms with Gasteiger partial charge in [-0.3, -0.25) is 9.10 Å². The highest BCUT2D eigenvalue weighted by Gasteiger charge is 2.33. The molecule has 3 N–H and O–H groups in total. The van der Waals surface area contributed by atoms with E-state index >= 15 is 0 Å². The van der Waals surface area contributed by atoms with Gasteiger partial charge in [0.15, 0.2) is 0 Å². The molecule has 0 unspecified atom stereocenters. The molecule has 0 atom stereocenters. The number of fused-ring (bicyclic) bond motifs is 1. The van der Waals surface area contributed by atoms with Crippen molar-refractivity contribution in [2.75, 3.05) is 37.3 Å². The van der Waals surface area contributed by atoms with Crippen LogP contribution in [0.4, 0.5) is 10.1 Å². The first kappa shape index (κ1) is 25.2. The highest BCUT2D eigenvalue weighted by molar-refractivity contribution is 7.92. The third-order valence-corrected chi connectivity index (χ3v) is 6.97. The molecule has 0 bridgehead atoms. The van der Waals surface area contributed by atoms with Gasteiger partial charge >= 0.3 is 7.12 Å². The molecule has 3 aromatic rings. The summed E-state index contributed by atoms with van der Waals surface area (Å²) in [5.74, 6) is -0.428. The minimum atomic E-state index is -3.73. The predicted octanol–water partition coefficient (Wildman–Crippen LogP) is 2.27. The molecular formula is C23H26BFN2O7S. The number of benzene rings is 2. The first-order valence-electron chi connectivity index (χ1n) is 11.1. The fourth-order valence-electron chi connectivity index (χ4n) is 4.04. The van der Waals surface area contributed by atoms with Crippen LogP contribution in [0.15, 0.2) is 40.8 Å². The quantitative estimate of drug-likeness (QED) is 0.285. The van der Waals surface area contributed by atoms with E-state index in [9.17, 15) is 17.6 Å². The van der Waals surface area contributed by atoms with E-state index in [0.29, 0.717) is 22.2 Å². The Morgan fingerprint density at radius 2 is 1.94 bits per heavy atom. The predicted molar refractivity (Wildman–Crippen MR) is 130 cm³/mol. The molecule has 35 heavy (non-hydrogen) atoms. The van der Waals surface area contributed by atoms with Gasteiger partial charge in [0.1, 0.15) is 17.2 Å². The maximum atomic E-state index is 13.5. The van der Waals surface area contributed by atoms with Gasteiger partial charge < -0.3 is 24.5 Å². The number of carbonyl (C=O) groups excluding carboxylic acids is 1. The van der Waals surface area contributed by atoms with Gasteiger partial charge in [0.2, 0.25) is 10.0 Å². The molecule has 9 nitrogen and oxygen atoms in total. The largest absolute Gasteiger partial charge is 0.479 e. The summed E-state index contributed by atoms with van der Waals surface area (Å²) in [6.45, 7) is -0.458. The van der Waals surface area contributed by atoms with Crippen molar-refractivity contribution in [1.29, 1.82) is 0 Å². The molecule has 186 valence electrons. The van der Waals surface area contributed by atoms with Crippen LogP contribution in [0.3, 0.4) is 0 Å². The van der Waals surface area contributed by atoms with Crippen LogP contribution in [0.25, 0.3) is 22.3 Å². The Kier molecular flexibility index (Phi) is 7.18. The second-order valence-corrected chi connectivity index (χ2v) is 10.4. The molecule has 4 rings (SSSR count). The summed E-state index contributed by atoms with van der Waals surface area (Å²) in [6, 6.07) is 8.96. The number of amides is 1. The fourth-order valence-corrected chi connectivity index (χ4v) is 4.96. The van der Waals surface area contributed by atoms with Gasteiger partial charge in [-0.2, -0.15) is 0 Å². The van der Waals surface area contributed by atoms with Crippen molar-refractivity contribution in [1.82, 2.24) is 5.32 Å². The molecule has 1 amide bonds. The second-order valence-electron chi connectivity index (χ2n) is 8.46. The van der Waals surface area contributed by atoms with E-state index in [0.717, 1.165) is 24.7 Å². The number of hydrogen-bond acceptors (Lipinski definition) is 7. The van der Waals surface area contributed by atoms with Crippen molar-refractivity contribution in [3.63, 3.8) is 0 Å². The highest BCUT2D eigenvalue weighted by atomic mass is 32.2. The number of furan rings is 1. The van der Waals surface area contributed by atoms with Crippen molar-refractivity contribution in [3.05, 3.63) is 53.3 Å². The van der Waals surface area contributed by atoms with Crippen molar-refractivity contribution in [2.45, 2.75) is 18.8 Å². The van der Waals surface area contributed by atoms with Crippen LogP contribution >= 0.6 is 0 Å². The van der Waals surface area contributed by atoms with Crippen LogP contribution in [-0.2, 0) is 14.8 Å². The van der Waals surface area contributed by atoms with E-state index < -0.39 is 23.0 Å². The summed E-state index contributed by atoms with van der Waals surface area (Å²) in [5, 5.41) is 21.1. The van der Waals surface area contributed by atoms with E-state index in [1.165, 1.54) is 35.6 Å². The lowest BCUT2D eigenvalue weighted by atomic mass is 9.95. The lowest BCUT2D eigenvalue weighted by molar-refractivity contribution is 0.0964. The van der Waals surface area contributed by atoms with Gasteiger partial charge in [0.05, 0.1) is 37.2 Å². The number of carbonyl (C=O) groups is 1. The number of anilines is 1. The van der Waals surface area contributed by atoms with Crippen molar-refractivity contribution in [3.8, 4) is 11.3 Å². The summed E-state index contributed by atoms with van der Waals surface area (Å²) in [5.41, 5.74) is 2.28. The topological polar surface area (TPSA) is 129 Å². The zero-order valence-electron chi connectivity index (χ0n) is 19.3. The van der Waals surface area contributed by atoms with Crippen LogP contribution in [0, 0.1) is 5.82 Å². The maximum Gasteiger partial charge on any atom is 0.479 e. The van der Waals surface area contributed by atoms with Crippen LogP contribution in [-0.4, -0.2) is 64.5 Å². The first-order valence-corrected chi connectivity index (χ1v) is 12.9. The lowest BCUT2D eigenvalue weighted by Crippen LogP contribution is -2.34. The lowest BCUT2D eigenvalue weighted by Gasteiger charge is -2.25. The Hall–Kier alpha value is -2.93. The monoisotopic (exact) mass is 504 g/mol.